The van der Waals surface area contributed by atoms with Crippen LogP contribution in [0.1, 0.15) is 0 Å². The molecule has 16 heteroatoms. The van der Waals surface area contributed by atoms with Gasteiger partial charge in [0.05, 0.1) is 112 Å². The summed E-state index contributed by atoms with van der Waals surface area (Å²) in [4.78, 5) is 0. The highest BCUT2D eigenvalue weighted by atomic mass is 16.6. The molecule has 0 spiro atoms. The fourth-order valence-corrected chi connectivity index (χ4v) is 3.28. The second kappa shape index (κ2) is 36.9. The van der Waals surface area contributed by atoms with Crippen molar-refractivity contribution in [3.8, 4) is 0 Å². The maximum absolute atomic E-state index is 10.1. The first-order valence-electron chi connectivity index (χ1n) is 15.7. The zero-order valence-electron chi connectivity index (χ0n) is 28.7. The van der Waals surface area contributed by atoms with Crippen molar-refractivity contribution in [3.05, 3.63) is 38.0 Å². The van der Waals surface area contributed by atoms with Crippen molar-refractivity contribution in [2.45, 2.75) is 42.7 Å². The fourth-order valence-electron chi connectivity index (χ4n) is 3.28. The largest absolute Gasteiger partial charge is 0.394 e. The highest BCUT2D eigenvalue weighted by Crippen LogP contribution is 2.04. The first-order valence-corrected chi connectivity index (χ1v) is 15.7. The summed E-state index contributed by atoms with van der Waals surface area (Å²) in [5.74, 6) is 0. The Labute approximate surface area is 285 Å². The molecule has 0 aliphatic rings. The van der Waals surface area contributed by atoms with Crippen molar-refractivity contribution in [1.82, 2.24) is 0 Å². The number of ether oxygens (including phenoxy) is 10. The lowest BCUT2D eigenvalue weighted by Crippen LogP contribution is -2.36. The highest BCUT2D eigenvalue weighted by Gasteiger charge is 2.19. The van der Waals surface area contributed by atoms with Crippen molar-refractivity contribution in [1.29, 1.82) is 0 Å². The van der Waals surface area contributed by atoms with E-state index in [1.807, 2.05) is 0 Å². The molecule has 0 saturated carbocycles. The zero-order valence-corrected chi connectivity index (χ0v) is 28.7. The van der Waals surface area contributed by atoms with E-state index in [0.717, 1.165) is 0 Å². The molecule has 0 aromatic carbocycles. The molecule has 0 bridgehead atoms. The van der Waals surface area contributed by atoms with Gasteiger partial charge in [-0.25, -0.2) is 0 Å². The van der Waals surface area contributed by atoms with Crippen LogP contribution in [0, 0.1) is 0 Å². The van der Waals surface area contributed by atoms with Gasteiger partial charge in [-0.15, -0.1) is 19.7 Å². The van der Waals surface area contributed by atoms with Gasteiger partial charge in [-0.1, -0.05) is 18.2 Å². The topological polar surface area (TPSA) is 214 Å². The zero-order chi connectivity index (χ0) is 36.3. The van der Waals surface area contributed by atoms with Crippen molar-refractivity contribution < 1.29 is 78.0 Å². The average molecular weight is 703 g/mol. The molecule has 7 unspecified atom stereocenters. The van der Waals surface area contributed by atoms with Crippen LogP contribution >= 0.6 is 0 Å². The van der Waals surface area contributed by atoms with Crippen LogP contribution in [0.25, 0.3) is 0 Å². The molecule has 0 fully saturated rings. The molecule has 286 valence electrons. The van der Waals surface area contributed by atoms with E-state index < -0.39 is 42.7 Å². The van der Waals surface area contributed by atoms with Crippen LogP contribution in [0.15, 0.2) is 38.0 Å². The van der Waals surface area contributed by atoms with E-state index in [1.165, 1.54) is 7.11 Å². The Bertz CT molecular complexity index is 703. The number of rotatable bonds is 35. The molecule has 48 heavy (non-hydrogen) atoms. The molecule has 0 aromatic rings. The Balaban J connectivity index is 0. The summed E-state index contributed by atoms with van der Waals surface area (Å²) in [5, 5.41) is 55.9. The number of aliphatic hydroxyl groups excluding tert-OH is 6. The Hall–Kier alpha value is -1.42. The molecular weight excluding hydrogens is 640 g/mol. The normalized spacial score (nSPS) is 15.8. The molecule has 0 aliphatic heterocycles. The summed E-state index contributed by atoms with van der Waals surface area (Å²) < 4.78 is 53.3. The van der Waals surface area contributed by atoms with Gasteiger partial charge >= 0.3 is 0 Å². The van der Waals surface area contributed by atoms with Gasteiger partial charge in [0, 0.05) is 14.2 Å². The van der Waals surface area contributed by atoms with Gasteiger partial charge in [-0.05, 0) is 0 Å². The number of hydrogen-bond donors (Lipinski definition) is 6. The minimum Gasteiger partial charge on any atom is -0.394 e. The lowest BCUT2D eigenvalue weighted by atomic mass is 10.3. The quantitative estimate of drug-likeness (QED) is 0.0327. The molecule has 0 saturated heterocycles. The predicted octanol–water partition coefficient (Wildman–Crippen LogP) is -1.51. The van der Waals surface area contributed by atoms with Gasteiger partial charge < -0.3 is 78.0 Å². The van der Waals surface area contributed by atoms with Crippen molar-refractivity contribution >= 4 is 0 Å². The van der Waals surface area contributed by atoms with Gasteiger partial charge in [0.25, 0.3) is 0 Å². The summed E-state index contributed by atoms with van der Waals surface area (Å²) in [6.45, 7) is 12.6. The van der Waals surface area contributed by atoms with Crippen LogP contribution < -0.4 is 0 Å². The van der Waals surface area contributed by atoms with E-state index in [2.05, 4.69) is 19.7 Å². The molecular formula is C32H62O16. The number of methoxy groups -OCH3 is 2. The van der Waals surface area contributed by atoms with Crippen LogP contribution in [-0.4, -0.2) is 200 Å². The molecule has 0 heterocycles. The molecule has 0 aromatic heterocycles. The average Bonchev–Trinajstić information content (AvgIpc) is 3.07. The summed E-state index contributed by atoms with van der Waals surface area (Å²) in [6, 6.07) is 0. The lowest BCUT2D eigenvalue weighted by molar-refractivity contribution is -0.129. The van der Waals surface area contributed by atoms with Gasteiger partial charge in [0.15, 0.2) is 0 Å². The standard InChI is InChI=1S/C25H46O11.C7H16O5/c1-5-8-30-11-21(26)14-33-18-24(17-29-4)36-20-25(35-16-23(28)13-32-10-7-3)19-34-15-22(27)12-31-9-6-2;1-11-5-7(3-9)12-4-6(10)2-8/h5-7,21-28H,1-3,8-20H2,4H3;6-10H,2-5H2,1H3. The summed E-state index contributed by atoms with van der Waals surface area (Å²) in [6.07, 6.45) is 0.0663. The second-order valence-corrected chi connectivity index (χ2v) is 10.3. The van der Waals surface area contributed by atoms with Gasteiger partial charge in [0.2, 0.25) is 0 Å². The minimum absolute atomic E-state index is 0.00186. The molecule has 16 nitrogen and oxygen atoms in total. The monoisotopic (exact) mass is 702 g/mol. The summed E-state index contributed by atoms with van der Waals surface area (Å²) in [5.41, 5.74) is 0. The van der Waals surface area contributed by atoms with Crippen LogP contribution in [0.4, 0.5) is 0 Å². The molecule has 6 N–H and O–H groups in total. The van der Waals surface area contributed by atoms with Gasteiger partial charge in [0.1, 0.15) is 42.7 Å². The molecule has 0 radical (unpaired) electrons. The molecule has 0 amide bonds. The van der Waals surface area contributed by atoms with E-state index in [1.54, 1.807) is 25.3 Å². The Morgan fingerprint density at radius 1 is 0.417 bits per heavy atom. The number of aliphatic hydroxyl groups is 6. The Morgan fingerprint density at radius 3 is 1.19 bits per heavy atom. The summed E-state index contributed by atoms with van der Waals surface area (Å²) in [7, 11) is 3.04. The van der Waals surface area contributed by atoms with Crippen molar-refractivity contribution in [2.24, 2.45) is 0 Å². The first kappa shape index (κ1) is 48.7. The third-order valence-corrected chi connectivity index (χ3v) is 5.55. The second-order valence-electron chi connectivity index (χ2n) is 10.3. The SMILES string of the molecule is C=CCOCC(O)COCC(COC)OCC(COCC(O)COCC=C)OCC(O)COCC=C.COCC(CO)OCC(O)CO. The smallest absolute Gasteiger partial charge is 0.104 e. The van der Waals surface area contributed by atoms with Crippen molar-refractivity contribution in [2.75, 3.05) is 127 Å². The minimum atomic E-state index is -0.893. The van der Waals surface area contributed by atoms with E-state index in [9.17, 15) is 15.3 Å². The Kier molecular flexibility index (Phi) is 37.4. The maximum atomic E-state index is 10.1. The summed E-state index contributed by atoms with van der Waals surface area (Å²) >= 11 is 0. The third kappa shape index (κ3) is 33.1. The highest BCUT2D eigenvalue weighted by molar-refractivity contribution is 4.68. The van der Waals surface area contributed by atoms with E-state index in [0.29, 0.717) is 19.8 Å². The van der Waals surface area contributed by atoms with Crippen molar-refractivity contribution in [3.63, 3.8) is 0 Å². The van der Waals surface area contributed by atoms with Gasteiger partial charge in [-0.3, -0.25) is 0 Å². The molecule has 0 aliphatic carbocycles. The van der Waals surface area contributed by atoms with Crippen LogP contribution in [0.3, 0.4) is 0 Å². The van der Waals surface area contributed by atoms with Gasteiger partial charge in [-0.2, -0.15) is 0 Å². The molecule has 7 atom stereocenters. The van der Waals surface area contributed by atoms with E-state index in [-0.39, 0.29) is 92.5 Å². The third-order valence-electron chi connectivity index (χ3n) is 5.55. The predicted molar refractivity (Wildman–Crippen MR) is 176 cm³/mol. The van der Waals surface area contributed by atoms with Crippen LogP contribution in [-0.2, 0) is 47.4 Å². The number of hydrogen-bond acceptors (Lipinski definition) is 16. The van der Waals surface area contributed by atoms with Crippen LogP contribution in [0.5, 0.6) is 0 Å². The first-order chi connectivity index (χ1) is 23.2. The Morgan fingerprint density at radius 2 is 0.771 bits per heavy atom. The van der Waals surface area contributed by atoms with E-state index in [4.69, 9.17) is 62.7 Å². The van der Waals surface area contributed by atoms with Crippen LogP contribution in [0.2, 0.25) is 0 Å². The van der Waals surface area contributed by atoms with E-state index >= 15 is 0 Å². The maximum Gasteiger partial charge on any atom is 0.104 e. The fraction of sp³-hybridized carbons (Fsp3) is 0.812. The lowest BCUT2D eigenvalue weighted by Gasteiger charge is -2.24. The molecule has 0 rings (SSSR count).